The van der Waals surface area contributed by atoms with Crippen molar-refractivity contribution in [3.8, 4) is 0 Å². The summed E-state index contributed by atoms with van der Waals surface area (Å²) in [4.78, 5) is 0.666. The smallest absolute Gasteiger partial charge is 0.0587 e. The fourth-order valence-corrected chi connectivity index (χ4v) is 3.56. The molecule has 0 spiro atoms. The largest absolute Gasteiger partial charge is 0.399 e. The van der Waals surface area contributed by atoms with Crippen molar-refractivity contribution in [1.82, 2.24) is 0 Å². The Kier molecular flexibility index (Phi) is 4.42. The van der Waals surface area contributed by atoms with Crippen LogP contribution >= 0.6 is 11.6 Å². The molecule has 0 bridgehead atoms. The monoisotopic (exact) mass is 273 g/mol. The van der Waals surface area contributed by atoms with Crippen LogP contribution in [0.3, 0.4) is 0 Å². The second-order valence-corrected chi connectivity index (χ2v) is 6.11. The molecule has 1 fully saturated rings. The van der Waals surface area contributed by atoms with Gasteiger partial charge in [0.15, 0.2) is 0 Å². The molecule has 0 aliphatic carbocycles. The molecule has 0 radical (unpaired) electrons. The topological polar surface area (TPSA) is 52.3 Å². The molecule has 0 saturated carbocycles. The molecule has 0 amide bonds. The van der Waals surface area contributed by atoms with Crippen LogP contribution in [0.15, 0.2) is 23.1 Å². The number of nitrogens with two attached hydrogens (primary N) is 1. The zero-order valence-corrected chi connectivity index (χ0v) is 11.1. The maximum absolute atomic E-state index is 12.1. The number of rotatable bonds is 4. The van der Waals surface area contributed by atoms with Crippen molar-refractivity contribution < 1.29 is 8.95 Å². The molecule has 1 aliphatic heterocycles. The number of anilines is 1. The van der Waals surface area contributed by atoms with E-state index in [0.717, 1.165) is 25.9 Å². The Bertz CT molecular complexity index is 419. The molecular weight excluding hydrogens is 258 g/mol. The van der Waals surface area contributed by atoms with Gasteiger partial charge in [-0.05, 0) is 37.5 Å². The van der Waals surface area contributed by atoms with Crippen molar-refractivity contribution in [3.05, 3.63) is 23.2 Å². The van der Waals surface area contributed by atoms with Gasteiger partial charge in [0.25, 0.3) is 0 Å². The van der Waals surface area contributed by atoms with E-state index in [4.69, 9.17) is 22.1 Å². The van der Waals surface area contributed by atoms with Gasteiger partial charge in [0.05, 0.1) is 26.8 Å². The lowest BCUT2D eigenvalue weighted by molar-refractivity contribution is 0.109. The Labute approximate surface area is 109 Å². The average molecular weight is 274 g/mol. The second kappa shape index (κ2) is 5.85. The van der Waals surface area contributed by atoms with Gasteiger partial charge in [0, 0.05) is 18.0 Å². The third-order valence-electron chi connectivity index (χ3n) is 2.85. The summed E-state index contributed by atoms with van der Waals surface area (Å²) in [5.41, 5.74) is 6.19. The lowest BCUT2D eigenvalue weighted by Gasteiger charge is -2.09. The molecular formula is C12H16ClNO2S. The molecule has 1 aliphatic rings. The van der Waals surface area contributed by atoms with Crippen LogP contribution in [0.1, 0.15) is 19.3 Å². The van der Waals surface area contributed by atoms with E-state index in [1.807, 2.05) is 0 Å². The maximum atomic E-state index is 12.1. The quantitative estimate of drug-likeness (QED) is 0.858. The summed E-state index contributed by atoms with van der Waals surface area (Å²) in [5.74, 6) is 0.592. The first kappa shape index (κ1) is 12.9. The Hall–Kier alpha value is -0.580. The Morgan fingerprint density at radius 3 is 3.00 bits per heavy atom. The molecule has 2 unspecified atom stereocenters. The lowest BCUT2D eigenvalue weighted by Crippen LogP contribution is -2.10. The summed E-state index contributed by atoms with van der Waals surface area (Å²) >= 11 is 6.02. The molecule has 1 aromatic rings. The zero-order chi connectivity index (χ0) is 12.3. The van der Waals surface area contributed by atoms with Gasteiger partial charge < -0.3 is 10.5 Å². The normalized spacial score (nSPS) is 21.6. The average Bonchev–Trinajstić information content (AvgIpc) is 2.78. The number of hydrogen-bond donors (Lipinski definition) is 1. The summed E-state index contributed by atoms with van der Waals surface area (Å²) in [6.45, 7) is 0.833. The minimum atomic E-state index is -1.07. The Balaban J connectivity index is 1.94. The van der Waals surface area contributed by atoms with Gasteiger partial charge in [0.2, 0.25) is 0 Å². The molecule has 94 valence electrons. The van der Waals surface area contributed by atoms with E-state index in [1.54, 1.807) is 18.2 Å². The minimum absolute atomic E-state index is 0.270. The number of halogens is 1. The highest BCUT2D eigenvalue weighted by Gasteiger charge is 2.17. The third kappa shape index (κ3) is 3.44. The highest BCUT2D eigenvalue weighted by Crippen LogP contribution is 2.24. The molecule has 1 heterocycles. The van der Waals surface area contributed by atoms with Gasteiger partial charge in [-0.1, -0.05) is 11.6 Å². The fraction of sp³-hybridized carbons (Fsp3) is 0.500. The number of benzene rings is 1. The van der Waals surface area contributed by atoms with Gasteiger partial charge in [-0.15, -0.1) is 0 Å². The molecule has 1 saturated heterocycles. The molecule has 17 heavy (non-hydrogen) atoms. The van der Waals surface area contributed by atoms with E-state index in [0.29, 0.717) is 21.4 Å². The summed E-state index contributed by atoms with van der Waals surface area (Å²) in [6.07, 6.45) is 3.28. The van der Waals surface area contributed by atoms with Crippen molar-refractivity contribution in [3.63, 3.8) is 0 Å². The first-order chi connectivity index (χ1) is 8.16. The van der Waals surface area contributed by atoms with Crippen molar-refractivity contribution in [2.75, 3.05) is 18.1 Å². The van der Waals surface area contributed by atoms with Crippen LogP contribution in [-0.4, -0.2) is 22.7 Å². The Morgan fingerprint density at radius 1 is 1.53 bits per heavy atom. The Morgan fingerprint density at radius 2 is 2.35 bits per heavy atom. The van der Waals surface area contributed by atoms with Crippen LogP contribution in [0.5, 0.6) is 0 Å². The van der Waals surface area contributed by atoms with E-state index in [1.165, 1.54) is 0 Å². The summed E-state index contributed by atoms with van der Waals surface area (Å²) in [5, 5.41) is 0.482. The molecule has 2 atom stereocenters. The summed E-state index contributed by atoms with van der Waals surface area (Å²) in [7, 11) is -1.07. The van der Waals surface area contributed by atoms with Crippen molar-refractivity contribution in [2.45, 2.75) is 30.3 Å². The van der Waals surface area contributed by atoms with Gasteiger partial charge in [-0.3, -0.25) is 4.21 Å². The molecule has 1 aromatic carbocycles. The number of ether oxygens (including phenoxy) is 1. The first-order valence-corrected chi connectivity index (χ1v) is 7.41. The van der Waals surface area contributed by atoms with Crippen LogP contribution in [0.4, 0.5) is 5.69 Å². The first-order valence-electron chi connectivity index (χ1n) is 5.72. The highest BCUT2D eigenvalue weighted by molar-refractivity contribution is 7.85. The van der Waals surface area contributed by atoms with Crippen LogP contribution in [0.25, 0.3) is 0 Å². The van der Waals surface area contributed by atoms with Gasteiger partial charge >= 0.3 is 0 Å². The number of nitrogen functional groups attached to an aromatic ring is 1. The molecule has 2 rings (SSSR count). The van der Waals surface area contributed by atoms with Crippen molar-refractivity contribution in [1.29, 1.82) is 0 Å². The van der Waals surface area contributed by atoms with E-state index in [2.05, 4.69) is 0 Å². The van der Waals surface area contributed by atoms with E-state index >= 15 is 0 Å². The predicted octanol–water partition coefficient (Wildman–Crippen LogP) is 2.60. The maximum Gasteiger partial charge on any atom is 0.0587 e. The molecule has 3 nitrogen and oxygen atoms in total. The third-order valence-corrected chi connectivity index (χ3v) is 4.73. The zero-order valence-electron chi connectivity index (χ0n) is 9.52. The van der Waals surface area contributed by atoms with Crippen molar-refractivity contribution in [2.24, 2.45) is 0 Å². The fourth-order valence-electron chi connectivity index (χ4n) is 1.92. The van der Waals surface area contributed by atoms with Crippen LogP contribution < -0.4 is 5.73 Å². The minimum Gasteiger partial charge on any atom is -0.399 e. The van der Waals surface area contributed by atoms with Gasteiger partial charge in [0.1, 0.15) is 0 Å². The standard InChI is InChI=1S/C12H16ClNO2S/c13-11-8-9(14)3-4-12(11)17(15)7-5-10-2-1-6-16-10/h3-4,8,10H,1-2,5-7,14H2. The molecule has 0 aromatic heterocycles. The SMILES string of the molecule is Nc1ccc(S(=O)CCC2CCCO2)c(Cl)c1. The summed E-state index contributed by atoms with van der Waals surface area (Å²) in [6, 6.07) is 5.11. The van der Waals surface area contributed by atoms with Crippen LogP contribution in [0, 0.1) is 0 Å². The second-order valence-electron chi connectivity index (χ2n) is 4.16. The molecule has 5 heteroatoms. The predicted molar refractivity (Wildman–Crippen MR) is 70.7 cm³/mol. The van der Waals surface area contributed by atoms with Crippen LogP contribution in [-0.2, 0) is 15.5 Å². The highest BCUT2D eigenvalue weighted by atomic mass is 35.5. The van der Waals surface area contributed by atoms with Crippen molar-refractivity contribution >= 4 is 28.1 Å². The van der Waals surface area contributed by atoms with Crippen LogP contribution in [0.2, 0.25) is 5.02 Å². The summed E-state index contributed by atoms with van der Waals surface area (Å²) < 4.78 is 17.6. The van der Waals surface area contributed by atoms with E-state index < -0.39 is 10.8 Å². The van der Waals surface area contributed by atoms with E-state index in [-0.39, 0.29) is 6.10 Å². The lowest BCUT2D eigenvalue weighted by atomic mass is 10.2. The van der Waals surface area contributed by atoms with E-state index in [9.17, 15) is 4.21 Å². The van der Waals surface area contributed by atoms with Gasteiger partial charge in [-0.2, -0.15) is 0 Å². The van der Waals surface area contributed by atoms with Gasteiger partial charge in [-0.25, -0.2) is 0 Å². The molecule has 2 N–H and O–H groups in total. The number of hydrogen-bond acceptors (Lipinski definition) is 3.